The molecule has 1 aromatic carbocycles. The monoisotopic (exact) mass is 281 g/mol. The van der Waals surface area contributed by atoms with Crippen LogP contribution in [0.2, 0.25) is 5.02 Å². The maximum absolute atomic E-state index is 11.8. The Morgan fingerprint density at radius 3 is 2.74 bits per heavy atom. The molecule has 0 unspecified atom stereocenters. The second-order valence-electron chi connectivity index (χ2n) is 3.65. The van der Waals surface area contributed by atoms with Gasteiger partial charge in [0.1, 0.15) is 11.4 Å². The van der Waals surface area contributed by atoms with Gasteiger partial charge in [0.2, 0.25) is 0 Å². The molecule has 8 heteroatoms. The molecule has 1 aromatic heterocycles. The number of phenolic OH excluding ortho intramolecular Hbond substituents is 1. The van der Waals surface area contributed by atoms with Gasteiger partial charge in [0.15, 0.2) is 0 Å². The van der Waals surface area contributed by atoms with Crippen LogP contribution in [0.15, 0.2) is 30.5 Å². The fraction of sp³-hybridized carbons (Fsp3) is 0. The number of halogens is 1. The molecule has 0 saturated carbocycles. The van der Waals surface area contributed by atoms with Crippen LogP contribution in [0.4, 0.5) is 11.4 Å². The molecule has 2 aromatic rings. The van der Waals surface area contributed by atoms with Gasteiger partial charge in [0, 0.05) is 17.8 Å². The number of anilines is 1. The summed E-state index contributed by atoms with van der Waals surface area (Å²) in [6, 6.07) is 5.31. The van der Waals surface area contributed by atoms with Crippen molar-refractivity contribution in [2.45, 2.75) is 0 Å². The van der Waals surface area contributed by atoms with E-state index in [1.54, 1.807) is 0 Å². The maximum atomic E-state index is 11.8. The number of hydrogen-bond donors (Lipinski definition) is 3. The normalized spacial score (nSPS) is 10.2. The van der Waals surface area contributed by atoms with Crippen molar-refractivity contribution < 1.29 is 14.8 Å². The van der Waals surface area contributed by atoms with Crippen molar-refractivity contribution in [3.8, 4) is 5.75 Å². The Hall–Kier alpha value is -2.54. The van der Waals surface area contributed by atoms with Crippen molar-refractivity contribution in [2.75, 3.05) is 5.32 Å². The molecular formula is C11H8ClN3O4. The van der Waals surface area contributed by atoms with Gasteiger partial charge < -0.3 is 15.4 Å². The number of nitro groups is 1. The van der Waals surface area contributed by atoms with Crippen LogP contribution in [-0.2, 0) is 0 Å². The Morgan fingerprint density at radius 2 is 2.16 bits per heavy atom. The Morgan fingerprint density at radius 1 is 1.42 bits per heavy atom. The summed E-state index contributed by atoms with van der Waals surface area (Å²) in [6.45, 7) is 0. The minimum atomic E-state index is -0.610. The van der Waals surface area contributed by atoms with E-state index >= 15 is 0 Å². The number of amides is 1. The zero-order valence-corrected chi connectivity index (χ0v) is 10.1. The summed E-state index contributed by atoms with van der Waals surface area (Å²) in [4.78, 5) is 24.1. The molecular weight excluding hydrogens is 274 g/mol. The van der Waals surface area contributed by atoms with Gasteiger partial charge >= 0.3 is 0 Å². The van der Waals surface area contributed by atoms with Crippen LogP contribution in [0.5, 0.6) is 5.75 Å². The molecule has 1 heterocycles. The molecule has 1 amide bonds. The zero-order valence-electron chi connectivity index (χ0n) is 9.38. The molecule has 0 radical (unpaired) electrons. The lowest BCUT2D eigenvalue weighted by Gasteiger charge is -2.04. The average molecular weight is 282 g/mol. The van der Waals surface area contributed by atoms with Gasteiger partial charge in [-0.1, -0.05) is 11.6 Å². The molecule has 0 aliphatic carbocycles. The summed E-state index contributed by atoms with van der Waals surface area (Å²) in [6.07, 6.45) is 1.12. The summed E-state index contributed by atoms with van der Waals surface area (Å²) in [5.41, 5.74) is 0.161. The highest BCUT2D eigenvalue weighted by Crippen LogP contribution is 2.26. The first-order valence-corrected chi connectivity index (χ1v) is 5.48. The number of nitrogens with zero attached hydrogens (tertiary/aromatic N) is 1. The lowest BCUT2D eigenvalue weighted by atomic mass is 10.3. The predicted octanol–water partition coefficient (Wildman–Crippen LogP) is 2.53. The fourth-order valence-corrected chi connectivity index (χ4v) is 1.53. The highest BCUT2D eigenvalue weighted by Gasteiger charge is 2.14. The summed E-state index contributed by atoms with van der Waals surface area (Å²) in [5.74, 6) is -0.730. The number of aromatic nitrogens is 1. The fourth-order valence-electron chi connectivity index (χ4n) is 1.41. The number of carbonyl (C=O) groups excluding carboxylic acids is 1. The van der Waals surface area contributed by atoms with Gasteiger partial charge in [-0.3, -0.25) is 14.9 Å². The first-order chi connectivity index (χ1) is 8.97. The molecule has 0 fully saturated rings. The first kappa shape index (κ1) is 12.9. The number of H-pyrrole nitrogens is 1. The Kier molecular flexibility index (Phi) is 3.39. The topological polar surface area (TPSA) is 108 Å². The molecule has 0 saturated heterocycles. The van der Waals surface area contributed by atoms with Crippen molar-refractivity contribution in [1.29, 1.82) is 0 Å². The van der Waals surface area contributed by atoms with E-state index < -0.39 is 10.8 Å². The number of carbonyl (C=O) groups is 1. The van der Waals surface area contributed by atoms with Crippen molar-refractivity contribution in [3.63, 3.8) is 0 Å². The average Bonchev–Trinajstić information content (AvgIpc) is 2.83. The van der Waals surface area contributed by atoms with Crippen LogP contribution >= 0.6 is 11.6 Å². The van der Waals surface area contributed by atoms with Crippen molar-refractivity contribution in [2.24, 2.45) is 0 Å². The lowest BCUT2D eigenvalue weighted by Crippen LogP contribution is -2.12. The predicted molar refractivity (Wildman–Crippen MR) is 68.5 cm³/mol. The standard InChI is InChI=1S/C11H8ClN3O4/c12-8-2-1-6(3-10(8)16)14-11(17)9-4-7(5-13-9)15(18)19/h1-5,13,16H,(H,14,17). The Balaban J connectivity index is 2.15. The second kappa shape index (κ2) is 4.99. The van der Waals surface area contributed by atoms with Crippen LogP contribution in [0.1, 0.15) is 10.5 Å². The summed E-state index contributed by atoms with van der Waals surface area (Å²) in [7, 11) is 0. The first-order valence-electron chi connectivity index (χ1n) is 5.10. The van der Waals surface area contributed by atoms with E-state index in [1.165, 1.54) is 18.2 Å². The van der Waals surface area contributed by atoms with Crippen LogP contribution in [-0.4, -0.2) is 20.9 Å². The quantitative estimate of drug-likeness (QED) is 0.593. The van der Waals surface area contributed by atoms with Gasteiger partial charge in [-0.05, 0) is 12.1 Å². The van der Waals surface area contributed by atoms with Crippen LogP contribution in [0.3, 0.4) is 0 Å². The minimum absolute atomic E-state index is 0.0427. The van der Waals surface area contributed by atoms with Crippen molar-refractivity contribution >= 4 is 28.9 Å². The van der Waals surface area contributed by atoms with Crippen LogP contribution in [0.25, 0.3) is 0 Å². The van der Waals surface area contributed by atoms with Gasteiger partial charge in [-0.2, -0.15) is 0 Å². The van der Waals surface area contributed by atoms with Crippen LogP contribution < -0.4 is 5.32 Å². The number of rotatable bonds is 3. The molecule has 0 atom stereocenters. The molecule has 3 N–H and O–H groups in total. The maximum Gasteiger partial charge on any atom is 0.287 e. The summed E-state index contributed by atoms with van der Waals surface area (Å²) < 4.78 is 0. The van der Waals surface area contributed by atoms with E-state index in [0.717, 1.165) is 12.3 Å². The number of aromatic amines is 1. The highest BCUT2D eigenvalue weighted by molar-refractivity contribution is 6.32. The van der Waals surface area contributed by atoms with E-state index in [2.05, 4.69) is 10.3 Å². The smallest absolute Gasteiger partial charge is 0.287 e. The number of aromatic hydroxyl groups is 1. The minimum Gasteiger partial charge on any atom is -0.506 e. The van der Waals surface area contributed by atoms with Gasteiger partial charge in [-0.15, -0.1) is 0 Å². The largest absolute Gasteiger partial charge is 0.506 e. The number of phenols is 1. The summed E-state index contributed by atoms with van der Waals surface area (Å²) in [5, 5.41) is 22.5. The Bertz CT molecular complexity index is 653. The summed E-state index contributed by atoms with van der Waals surface area (Å²) >= 11 is 5.63. The molecule has 2 rings (SSSR count). The third kappa shape index (κ3) is 2.83. The van der Waals surface area contributed by atoms with E-state index in [-0.39, 0.29) is 22.2 Å². The third-order valence-electron chi connectivity index (χ3n) is 2.33. The Labute approximate surface area is 112 Å². The van der Waals surface area contributed by atoms with E-state index in [4.69, 9.17) is 11.6 Å². The third-order valence-corrected chi connectivity index (χ3v) is 2.65. The lowest BCUT2D eigenvalue weighted by molar-refractivity contribution is -0.384. The molecule has 0 bridgehead atoms. The van der Waals surface area contributed by atoms with Crippen molar-refractivity contribution in [3.05, 3.63) is 51.3 Å². The van der Waals surface area contributed by atoms with Crippen LogP contribution in [0, 0.1) is 10.1 Å². The molecule has 7 nitrogen and oxygen atoms in total. The van der Waals surface area contributed by atoms with E-state index in [1.807, 2.05) is 0 Å². The molecule has 0 aliphatic rings. The zero-order chi connectivity index (χ0) is 14.0. The van der Waals surface area contributed by atoms with Crippen molar-refractivity contribution in [1.82, 2.24) is 4.98 Å². The van der Waals surface area contributed by atoms with E-state index in [0.29, 0.717) is 5.69 Å². The van der Waals surface area contributed by atoms with Gasteiger partial charge in [-0.25, -0.2) is 0 Å². The molecule has 19 heavy (non-hydrogen) atoms. The van der Waals surface area contributed by atoms with Gasteiger partial charge in [0.05, 0.1) is 16.1 Å². The van der Waals surface area contributed by atoms with Gasteiger partial charge in [0.25, 0.3) is 11.6 Å². The van der Waals surface area contributed by atoms with E-state index in [9.17, 15) is 20.0 Å². The highest BCUT2D eigenvalue weighted by atomic mass is 35.5. The number of hydrogen-bond acceptors (Lipinski definition) is 4. The number of benzene rings is 1. The molecule has 0 aliphatic heterocycles. The molecule has 98 valence electrons. The second-order valence-corrected chi connectivity index (χ2v) is 4.06. The SMILES string of the molecule is O=C(Nc1ccc(Cl)c(O)c1)c1cc([N+](=O)[O-])c[nH]1. The number of nitrogens with one attached hydrogen (secondary N) is 2. The molecule has 0 spiro atoms.